The molecule has 8 heteroatoms. The Hall–Kier alpha value is -2.12. The van der Waals surface area contributed by atoms with Crippen LogP contribution in [0.25, 0.3) is 0 Å². The minimum atomic E-state index is -3.90. The van der Waals surface area contributed by atoms with Gasteiger partial charge in [0.25, 0.3) is 15.7 Å². The lowest BCUT2D eigenvalue weighted by Gasteiger charge is -2.23. The minimum absolute atomic E-state index is 0.119. The number of aryl methyl sites for hydroxylation is 1. The number of nitro benzene ring substituents is 1. The van der Waals surface area contributed by atoms with Crippen molar-refractivity contribution in [1.29, 1.82) is 0 Å². The summed E-state index contributed by atoms with van der Waals surface area (Å²) in [5.74, 6) is 0. The van der Waals surface area contributed by atoms with Crippen LogP contribution in [-0.2, 0) is 10.0 Å². The number of hydrogen-bond donors (Lipinski definition) is 0. The topological polar surface area (TPSA) is 80.5 Å². The van der Waals surface area contributed by atoms with Gasteiger partial charge in [-0.1, -0.05) is 17.7 Å². The molecule has 122 valence electrons. The first-order valence-electron chi connectivity index (χ1n) is 6.80. The highest BCUT2D eigenvalue weighted by Crippen LogP contribution is 2.28. The molecule has 0 heterocycles. The van der Waals surface area contributed by atoms with Crippen molar-refractivity contribution >= 4 is 33.0 Å². The van der Waals surface area contributed by atoms with Gasteiger partial charge < -0.3 is 0 Å². The third-order valence-electron chi connectivity index (χ3n) is 3.37. The number of nitro groups is 1. The highest BCUT2D eigenvalue weighted by molar-refractivity contribution is 7.92. The van der Waals surface area contributed by atoms with Crippen LogP contribution in [0.3, 0.4) is 0 Å². The van der Waals surface area contributed by atoms with Crippen molar-refractivity contribution in [2.75, 3.05) is 10.8 Å². The van der Waals surface area contributed by atoms with Crippen molar-refractivity contribution in [2.24, 2.45) is 0 Å². The second kappa shape index (κ2) is 6.55. The van der Waals surface area contributed by atoms with E-state index in [9.17, 15) is 18.5 Å². The normalized spacial score (nSPS) is 11.3. The highest BCUT2D eigenvalue weighted by atomic mass is 35.5. The molecule has 0 aliphatic heterocycles. The zero-order chi connectivity index (χ0) is 17.2. The Morgan fingerprint density at radius 1 is 1.17 bits per heavy atom. The van der Waals surface area contributed by atoms with E-state index in [0.717, 1.165) is 6.07 Å². The van der Waals surface area contributed by atoms with Crippen LogP contribution in [0.2, 0.25) is 5.02 Å². The van der Waals surface area contributed by atoms with E-state index < -0.39 is 14.9 Å². The second-order valence-corrected chi connectivity index (χ2v) is 7.15. The van der Waals surface area contributed by atoms with Gasteiger partial charge in [0.2, 0.25) is 0 Å². The molecule has 0 fully saturated rings. The van der Waals surface area contributed by atoms with Crippen molar-refractivity contribution in [3.05, 3.63) is 63.2 Å². The van der Waals surface area contributed by atoms with E-state index >= 15 is 0 Å². The maximum absolute atomic E-state index is 12.8. The van der Waals surface area contributed by atoms with Gasteiger partial charge in [-0.15, -0.1) is 0 Å². The molecular weight excluding hydrogens is 340 g/mol. The Kier molecular flexibility index (Phi) is 4.91. The van der Waals surface area contributed by atoms with E-state index in [1.807, 2.05) is 0 Å². The van der Waals surface area contributed by atoms with Crippen LogP contribution in [0.15, 0.2) is 47.4 Å². The van der Waals surface area contributed by atoms with E-state index in [4.69, 9.17) is 11.6 Å². The number of sulfonamides is 1. The fourth-order valence-corrected chi connectivity index (χ4v) is 3.79. The number of benzene rings is 2. The summed E-state index contributed by atoms with van der Waals surface area (Å²) >= 11 is 5.82. The number of nitrogens with zero attached hydrogens (tertiary/aromatic N) is 2. The summed E-state index contributed by atoms with van der Waals surface area (Å²) < 4.78 is 26.8. The summed E-state index contributed by atoms with van der Waals surface area (Å²) in [5, 5.41) is 11.5. The van der Waals surface area contributed by atoms with Crippen LogP contribution in [0.5, 0.6) is 0 Å². The SMILES string of the molecule is CCN(c1ccc(Cl)cc1)S(=O)(=O)c1ccc(C)c([N+](=O)[O-])c1. The lowest BCUT2D eigenvalue weighted by atomic mass is 10.2. The fourth-order valence-electron chi connectivity index (χ4n) is 2.17. The third-order valence-corrected chi connectivity index (χ3v) is 5.52. The first-order valence-corrected chi connectivity index (χ1v) is 8.62. The molecule has 0 radical (unpaired) electrons. The van der Waals surface area contributed by atoms with Crippen molar-refractivity contribution < 1.29 is 13.3 Å². The molecule has 6 nitrogen and oxygen atoms in total. The maximum Gasteiger partial charge on any atom is 0.273 e. The quantitative estimate of drug-likeness (QED) is 0.604. The van der Waals surface area contributed by atoms with Gasteiger partial charge >= 0.3 is 0 Å². The van der Waals surface area contributed by atoms with E-state index in [-0.39, 0.29) is 17.1 Å². The smallest absolute Gasteiger partial charge is 0.267 e. The molecule has 0 N–H and O–H groups in total. The molecule has 23 heavy (non-hydrogen) atoms. The van der Waals surface area contributed by atoms with E-state index in [1.54, 1.807) is 38.1 Å². The van der Waals surface area contributed by atoms with Crippen molar-refractivity contribution in [3.63, 3.8) is 0 Å². The average Bonchev–Trinajstić information content (AvgIpc) is 2.49. The Labute approximate surface area is 139 Å². The lowest BCUT2D eigenvalue weighted by molar-refractivity contribution is -0.385. The van der Waals surface area contributed by atoms with Crippen LogP contribution in [-0.4, -0.2) is 19.9 Å². The number of hydrogen-bond acceptors (Lipinski definition) is 4. The molecule has 0 spiro atoms. The van der Waals surface area contributed by atoms with Gasteiger partial charge in [-0.3, -0.25) is 14.4 Å². The van der Waals surface area contributed by atoms with Crippen LogP contribution < -0.4 is 4.31 Å². The molecule has 0 amide bonds. The Morgan fingerprint density at radius 3 is 2.30 bits per heavy atom. The predicted molar refractivity (Wildman–Crippen MR) is 89.5 cm³/mol. The molecule has 2 aromatic carbocycles. The van der Waals surface area contributed by atoms with Crippen molar-refractivity contribution in [3.8, 4) is 0 Å². The predicted octanol–water partition coefficient (Wildman–Crippen LogP) is 3.77. The summed E-state index contributed by atoms with van der Waals surface area (Å²) in [6.07, 6.45) is 0. The largest absolute Gasteiger partial charge is 0.273 e. The van der Waals surface area contributed by atoms with Gasteiger partial charge in [-0.2, -0.15) is 0 Å². The molecule has 0 saturated carbocycles. The van der Waals surface area contributed by atoms with Gasteiger partial charge in [-0.05, 0) is 44.2 Å². The monoisotopic (exact) mass is 354 g/mol. The van der Waals surface area contributed by atoms with Crippen LogP contribution >= 0.6 is 11.6 Å². The summed E-state index contributed by atoms with van der Waals surface area (Å²) in [5.41, 5.74) is 0.627. The van der Waals surface area contributed by atoms with Crippen LogP contribution in [0.4, 0.5) is 11.4 Å². The molecule has 0 bridgehead atoms. The lowest BCUT2D eigenvalue weighted by Crippen LogP contribution is -2.30. The zero-order valence-corrected chi connectivity index (χ0v) is 14.1. The molecule has 0 saturated heterocycles. The van der Waals surface area contributed by atoms with Gasteiger partial charge in [0, 0.05) is 23.2 Å². The maximum atomic E-state index is 12.8. The van der Waals surface area contributed by atoms with Gasteiger partial charge in [0.1, 0.15) is 0 Å². The van der Waals surface area contributed by atoms with E-state index in [0.29, 0.717) is 16.3 Å². The average molecular weight is 355 g/mol. The van der Waals surface area contributed by atoms with Gasteiger partial charge in [-0.25, -0.2) is 8.42 Å². The summed E-state index contributed by atoms with van der Waals surface area (Å²) in [7, 11) is -3.90. The van der Waals surface area contributed by atoms with Gasteiger partial charge in [0.15, 0.2) is 0 Å². The molecule has 0 aliphatic rings. The molecule has 0 aliphatic carbocycles. The van der Waals surface area contributed by atoms with Crippen LogP contribution in [0.1, 0.15) is 12.5 Å². The fraction of sp³-hybridized carbons (Fsp3) is 0.200. The molecule has 0 aromatic heterocycles. The summed E-state index contributed by atoms with van der Waals surface area (Å²) in [6, 6.07) is 10.2. The Balaban J connectivity index is 2.53. The molecule has 2 rings (SSSR count). The van der Waals surface area contributed by atoms with Crippen molar-refractivity contribution in [2.45, 2.75) is 18.7 Å². The third kappa shape index (κ3) is 3.46. The minimum Gasteiger partial charge on any atom is -0.267 e. The first-order chi connectivity index (χ1) is 10.8. The molecular formula is C15H15ClN2O4S. The molecule has 0 unspecified atom stereocenters. The molecule has 0 atom stereocenters. The number of halogens is 1. The second-order valence-electron chi connectivity index (χ2n) is 4.85. The van der Waals surface area contributed by atoms with Gasteiger partial charge in [0.05, 0.1) is 15.5 Å². The first kappa shape index (κ1) is 17.2. The summed E-state index contributed by atoms with van der Waals surface area (Å²) in [4.78, 5) is 10.3. The Morgan fingerprint density at radius 2 is 1.78 bits per heavy atom. The highest BCUT2D eigenvalue weighted by Gasteiger charge is 2.26. The number of anilines is 1. The van der Waals surface area contributed by atoms with Crippen molar-refractivity contribution in [1.82, 2.24) is 0 Å². The zero-order valence-electron chi connectivity index (χ0n) is 12.6. The number of rotatable bonds is 5. The van der Waals surface area contributed by atoms with Crippen LogP contribution in [0, 0.1) is 17.0 Å². The van der Waals surface area contributed by atoms with E-state index in [2.05, 4.69) is 0 Å². The summed E-state index contributed by atoms with van der Waals surface area (Å²) in [6.45, 7) is 3.44. The van der Waals surface area contributed by atoms with E-state index in [1.165, 1.54) is 16.4 Å². The standard InChI is InChI=1S/C15H15ClN2O4S/c1-3-17(13-7-5-12(16)6-8-13)23(21,22)14-9-4-11(2)15(10-14)18(19)20/h4-10H,3H2,1-2H3. The Bertz CT molecular complexity index is 835. The molecule has 2 aromatic rings.